The number of carboxylic acid groups (broad SMARTS) is 1. The van der Waals surface area contributed by atoms with Crippen molar-refractivity contribution in [1.29, 1.82) is 0 Å². The highest BCUT2D eigenvalue weighted by Crippen LogP contribution is 2.33. The Bertz CT molecular complexity index is 739. The first kappa shape index (κ1) is 12.5. The Morgan fingerprint density at radius 2 is 1.80 bits per heavy atom. The van der Waals surface area contributed by atoms with Crippen LogP contribution in [0.1, 0.15) is 9.67 Å². The molecule has 0 aliphatic rings. The van der Waals surface area contributed by atoms with Gasteiger partial charge < -0.3 is 5.11 Å². The summed E-state index contributed by atoms with van der Waals surface area (Å²) >= 11 is 1.18. The van der Waals surface area contributed by atoms with E-state index in [-0.39, 0.29) is 4.88 Å². The van der Waals surface area contributed by atoms with E-state index in [4.69, 9.17) is 0 Å². The predicted molar refractivity (Wildman–Crippen MR) is 77.7 cm³/mol. The summed E-state index contributed by atoms with van der Waals surface area (Å²) in [7, 11) is 0. The van der Waals surface area contributed by atoms with Gasteiger partial charge in [0.15, 0.2) is 0 Å². The summed E-state index contributed by atoms with van der Waals surface area (Å²) in [6.07, 6.45) is 3.27. The number of thiazole rings is 1. The van der Waals surface area contributed by atoms with Gasteiger partial charge >= 0.3 is 5.97 Å². The number of hydrogen-bond donors (Lipinski definition) is 1. The molecule has 20 heavy (non-hydrogen) atoms. The predicted octanol–water partition coefficient (Wildman–Crippen LogP) is 3.57. The molecule has 0 aliphatic carbocycles. The van der Waals surface area contributed by atoms with Crippen molar-refractivity contribution in [3.63, 3.8) is 0 Å². The molecule has 0 spiro atoms. The van der Waals surface area contributed by atoms with E-state index in [1.165, 1.54) is 11.3 Å². The highest BCUT2D eigenvalue weighted by atomic mass is 32.1. The van der Waals surface area contributed by atoms with Crippen molar-refractivity contribution in [1.82, 2.24) is 9.97 Å². The Hall–Kier alpha value is -2.53. The highest BCUT2D eigenvalue weighted by Gasteiger charge is 2.19. The van der Waals surface area contributed by atoms with Gasteiger partial charge in [0.1, 0.15) is 9.88 Å². The maximum absolute atomic E-state index is 11.4. The van der Waals surface area contributed by atoms with Crippen molar-refractivity contribution in [2.24, 2.45) is 0 Å². The van der Waals surface area contributed by atoms with Crippen LogP contribution in [-0.2, 0) is 0 Å². The van der Waals surface area contributed by atoms with E-state index in [2.05, 4.69) is 9.97 Å². The van der Waals surface area contributed by atoms with E-state index in [0.717, 1.165) is 5.56 Å². The van der Waals surface area contributed by atoms with Crippen LogP contribution in [0.5, 0.6) is 0 Å². The summed E-state index contributed by atoms with van der Waals surface area (Å²) in [5.74, 6) is -0.969. The van der Waals surface area contributed by atoms with Crippen LogP contribution < -0.4 is 0 Å². The van der Waals surface area contributed by atoms with Crippen LogP contribution >= 0.6 is 11.3 Å². The minimum Gasteiger partial charge on any atom is -0.477 e. The minimum atomic E-state index is -0.969. The van der Waals surface area contributed by atoms with E-state index in [1.54, 1.807) is 18.5 Å². The molecule has 1 N–H and O–H groups in total. The van der Waals surface area contributed by atoms with Crippen molar-refractivity contribution < 1.29 is 9.90 Å². The second kappa shape index (κ2) is 5.22. The lowest BCUT2D eigenvalue weighted by atomic mass is 10.2. The maximum Gasteiger partial charge on any atom is 0.348 e. The topological polar surface area (TPSA) is 63.1 Å². The summed E-state index contributed by atoms with van der Waals surface area (Å²) < 4.78 is 0. The molecule has 0 atom stereocenters. The zero-order valence-corrected chi connectivity index (χ0v) is 11.2. The molecule has 0 radical (unpaired) electrons. The number of rotatable bonds is 3. The van der Waals surface area contributed by atoms with Crippen LogP contribution in [0.25, 0.3) is 21.8 Å². The zero-order valence-electron chi connectivity index (χ0n) is 10.4. The van der Waals surface area contributed by atoms with Crippen LogP contribution in [-0.4, -0.2) is 21.0 Å². The molecular formula is C15H10N2O2S. The van der Waals surface area contributed by atoms with Crippen molar-refractivity contribution in [2.45, 2.75) is 0 Å². The van der Waals surface area contributed by atoms with Gasteiger partial charge in [-0.05, 0) is 12.1 Å². The Labute approximate surface area is 119 Å². The number of hydrogen-bond acceptors (Lipinski definition) is 4. The molecule has 3 aromatic rings. The Morgan fingerprint density at radius 1 is 1.05 bits per heavy atom. The number of pyridine rings is 1. The lowest BCUT2D eigenvalue weighted by Gasteiger charge is -1.97. The van der Waals surface area contributed by atoms with E-state index in [1.807, 2.05) is 36.4 Å². The Kier molecular flexibility index (Phi) is 3.26. The molecule has 0 saturated carbocycles. The first-order valence-electron chi connectivity index (χ1n) is 5.95. The van der Waals surface area contributed by atoms with Gasteiger partial charge in [-0.15, -0.1) is 11.3 Å². The fourth-order valence-electron chi connectivity index (χ4n) is 1.87. The van der Waals surface area contributed by atoms with Crippen molar-refractivity contribution in [3.05, 3.63) is 59.7 Å². The molecule has 0 unspecified atom stereocenters. The van der Waals surface area contributed by atoms with Crippen LogP contribution in [0, 0.1) is 0 Å². The van der Waals surface area contributed by atoms with Gasteiger partial charge in [0.05, 0.1) is 5.69 Å². The average molecular weight is 282 g/mol. The second-order valence-corrected chi connectivity index (χ2v) is 5.11. The standard InChI is InChI=1S/C15H10N2O2S/c18-15(19)13-12(11-7-4-8-16-9-11)17-14(20-13)10-5-2-1-3-6-10/h1-9H,(H,18,19). The lowest BCUT2D eigenvalue weighted by molar-refractivity contribution is 0.0702. The third kappa shape index (κ3) is 2.31. The van der Waals surface area contributed by atoms with Gasteiger partial charge in [0.25, 0.3) is 0 Å². The van der Waals surface area contributed by atoms with E-state index < -0.39 is 5.97 Å². The third-order valence-corrected chi connectivity index (χ3v) is 3.87. The number of aromatic carboxylic acids is 1. The molecule has 0 saturated heterocycles. The van der Waals surface area contributed by atoms with Gasteiger partial charge in [-0.2, -0.15) is 0 Å². The van der Waals surface area contributed by atoms with Crippen molar-refractivity contribution >= 4 is 17.3 Å². The second-order valence-electron chi connectivity index (χ2n) is 4.11. The van der Waals surface area contributed by atoms with Crippen LogP contribution in [0.15, 0.2) is 54.9 Å². The molecule has 2 heterocycles. The summed E-state index contributed by atoms with van der Waals surface area (Å²) in [5.41, 5.74) is 2.09. The average Bonchev–Trinajstić information content (AvgIpc) is 2.94. The highest BCUT2D eigenvalue weighted by molar-refractivity contribution is 7.17. The molecule has 4 nitrogen and oxygen atoms in total. The fraction of sp³-hybridized carbons (Fsp3) is 0. The molecule has 2 aromatic heterocycles. The molecule has 0 bridgehead atoms. The lowest BCUT2D eigenvalue weighted by Crippen LogP contribution is -1.95. The normalized spacial score (nSPS) is 10.4. The first-order valence-corrected chi connectivity index (χ1v) is 6.77. The monoisotopic (exact) mass is 282 g/mol. The van der Waals surface area contributed by atoms with Gasteiger partial charge in [0, 0.05) is 23.5 Å². The molecule has 1 aromatic carbocycles. The molecule has 0 amide bonds. The molecule has 5 heteroatoms. The van der Waals surface area contributed by atoms with Crippen molar-refractivity contribution in [3.8, 4) is 21.8 Å². The Morgan fingerprint density at radius 3 is 2.45 bits per heavy atom. The SMILES string of the molecule is O=C(O)c1sc(-c2ccccc2)nc1-c1cccnc1. The van der Waals surface area contributed by atoms with Crippen LogP contribution in [0.2, 0.25) is 0 Å². The number of carboxylic acids is 1. The van der Waals surface area contributed by atoms with E-state index in [0.29, 0.717) is 16.3 Å². The van der Waals surface area contributed by atoms with Crippen LogP contribution in [0.3, 0.4) is 0 Å². The fourth-order valence-corrected chi connectivity index (χ4v) is 2.80. The molecule has 98 valence electrons. The smallest absolute Gasteiger partial charge is 0.348 e. The maximum atomic E-state index is 11.4. The van der Waals surface area contributed by atoms with Crippen LogP contribution in [0.4, 0.5) is 0 Å². The largest absolute Gasteiger partial charge is 0.477 e. The number of benzene rings is 1. The zero-order chi connectivity index (χ0) is 13.9. The third-order valence-electron chi connectivity index (χ3n) is 2.78. The molecular weight excluding hydrogens is 272 g/mol. The molecule has 0 aliphatic heterocycles. The van der Waals surface area contributed by atoms with Gasteiger partial charge in [-0.25, -0.2) is 9.78 Å². The van der Waals surface area contributed by atoms with Crippen molar-refractivity contribution in [2.75, 3.05) is 0 Å². The number of aromatic nitrogens is 2. The number of nitrogens with zero attached hydrogens (tertiary/aromatic N) is 2. The molecule has 0 fully saturated rings. The van der Waals surface area contributed by atoms with E-state index >= 15 is 0 Å². The summed E-state index contributed by atoms with van der Waals surface area (Å²) in [6.45, 7) is 0. The summed E-state index contributed by atoms with van der Waals surface area (Å²) in [4.78, 5) is 20.1. The number of carbonyl (C=O) groups is 1. The quantitative estimate of drug-likeness (QED) is 0.797. The Balaban J connectivity index is 2.15. The van der Waals surface area contributed by atoms with Gasteiger partial charge in [-0.3, -0.25) is 4.98 Å². The summed E-state index contributed by atoms with van der Waals surface area (Å²) in [5, 5.41) is 10.0. The van der Waals surface area contributed by atoms with Gasteiger partial charge in [-0.1, -0.05) is 30.3 Å². The van der Waals surface area contributed by atoms with Gasteiger partial charge in [0.2, 0.25) is 0 Å². The first-order chi connectivity index (χ1) is 9.75. The van der Waals surface area contributed by atoms with E-state index in [9.17, 15) is 9.90 Å². The summed E-state index contributed by atoms with van der Waals surface area (Å²) in [6, 6.07) is 13.1. The molecule has 3 rings (SSSR count). The minimum absolute atomic E-state index is 0.233.